The topological polar surface area (TPSA) is 85.2 Å². The minimum atomic E-state index is -0.565. The number of thioether (sulfide) groups is 1. The van der Waals surface area contributed by atoms with Crippen molar-refractivity contribution in [2.45, 2.75) is 32.1 Å². The van der Waals surface area contributed by atoms with E-state index in [9.17, 15) is 0 Å². The molecule has 0 aromatic carbocycles. The Kier molecular flexibility index (Phi) is 4.76. The SMILES string of the molecule is CC(CO)CSCc1nc(C(C)(C)N)no1. The summed E-state index contributed by atoms with van der Waals surface area (Å²) in [6.07, 6.45) is 0. The van der Waals surface area contributed by atoms with Crippen LogP contribution in [0.15, 0.2) is 4.52 Å². The second-order valence-electron chi connectivity index (χ2n) is 4.54. The lowest BCUT2D eigenvalue weighted by atomic mass is 10.1. The Balaban J connectivity index is 2.41. The fraction of sp³-hybridized carbons (Fsp3) is 0.800. The molecule has 0 saturated heterocycles. The molecule has 1 rings (SSSR count). The maximum Gasteiger partial charge on any atom is 0.236 e. The first-order chi connectivity index (χ1) is 7.43. The van der Waals surface area contributed by atoms with Crippen molar-refractivity contribution in [1.82, 2.24) is 10.1 Å². The smallest absolute Gasteiger partial charge is 0.236 e. The first kappa shape index (κ1) is 13.5. The molecule has 3 N–H and O–H groups in total. The fourth-order valence-corrected chi connectivity index (χ4v) is 1.89. The lowest BCUT2D eigenvalue weighted by Crippen LogP contribution is -2.30. The van der Waals surface area contributed by atoms with Crippen molar-refractivity contribution < 1.29 is 9.63 Å². The van der Waals surface area contributed by atoms with E-state index in [0.29, 0.717) is 23.4 Å². The molecule has 0 bridgehead atoms. The van der Waals surface area contributed by atoms with E-state index < -0.39 is 5.54 Å². The number of rotatable bonds is 6. The maximum atomic E-state index is 8.86. The molecule has 0 fully saturated rings. The molecule has 1 aromatic rings. The largest absolute Gasteiger partial charge is 0.396 e. The number of aromatic nitrogens is 2. The molecule has 1 unspecified atom stereocenters. The molecule has 0 aliphatic carbocycles. The number of nitrogens with zero attached hydrogens (tertiary/aromatic N) is 2. The van der Waals surface area contributed by atoms with Crippen molar-refractivity contribution in [1.29, 1.82) is 0 Å². The lowest BCUT2D eigenvalue weighted by molar-refractivity contribution is 0.250. The van der Waals surface area contributed by atoms with E-state index in [1.807, 2.05) is 20.8 Å². The molecule has 0 amide bonds. The van der Waals surface area contributed by atoms with Crippen molar-refractivity contribution in [3.63, 3.8) is 0 Å². The molecular weight excluding hydrogens is 226 g/mol. The zero-order valence-electron chi connectivity index (χ0n) is 9.93. The molecule has 0 radical (unpaired) electrons. The van der Waals surface area contributed by atoms with Crippen molar-refractivity contribution >= 4 is 11.8 Å². The Morgan fingerprint density at radius 3 is 2.75 bits per heavy atom. The summed E-state index contributed by atoms with van der Waals surface area (Å²) in [6.45, 7) is 5.87. The number of hydrogen-bond acceptors (Lipinski definition) is 6. The van der Waals surface area contributed by atoms with E-state index >= 15 is 0 Å². The van der Waals surface area contributed by atoms with Crippen molar-refractivity contribution in [3.8, 4) is 0 Å². The highest BCUT2D eigenvalue weighted by Crippen LogP contribution is 2.17. The zero-order chi connectivity index (χ0) is 12.2. The van der Waals surface area contributed by atoms with Gasteiger partial charge in [-0.15, -0.1) is 0 Å². The molecule has 0 saturated carbocycles. The van der Waals surface area contributed by atoms with Gasteiger partial charge in [0.1, 0.15) is 0 Å². The fourth-order valence-electron chi connectivity index (χ4n) is 0.975. The molecule has 0 aliphatic rings. The summed E-state index contributed by atoms with van der Waals surface area (Å²) >= 11 is 1.67. The van der Waals surface area contributed by atoms with Crippen LogP contribution in [0.3, 0.4) is 0 Å². The minimum absolute atomic E-state index is 0.206. The van der Waals surface area contributed by atoms with Crippen LogP contribution in [0, 0.1) is 5.92 Å². The Bertz CT molecular complexity index is 322. The van der Waals surface area contributed by atoms with E-state index in [0.717, 1.165) is 5.75 Å². The van der Waals surface area contributed by atoms with Crippen LogP contribution in [-0.4, -0.2) is 27.6 Å². The highest BCUT2D eigenvalue weighted by atomic mass is 32.2. The van der Waals surface area contributed by atoms with Gasteiger partial charge in [-0.3, -0.25) is 0 Å². The number of aliphatic hydroxyl groups is 1. The zero-order valence-corrected chi connectivity index (χ0v) is 10.8. The van der Waals surface area contributed by atoms with Crippen LogP contribution in [0.5, 0.6) is 0 Å². The summed E-state index contributed by atoms with van der Waals surface area (Å²) in [7, 11) is 0. The molecule has 0 spiro atoms. The van der Waals surface area contributed by atoms with Gasteiger partial charge >= 0.3 is 0 Å². The van der Waals surface area contributed by atoms with E-state index in [-0.39, 0.29) is 6.61 Å². The Morgan fingerprint density at radius 2 is 2.25 bits per heavy atom. The first-order valence-electron chi connectivity index (χ1n) is 5.24. The minimum Gasteiger partial charge on any atom is -0.396 e. The van der Waals surface area contributed by atoms with Crippen LogP contribution < -0.4 is 5.73 Å². The van der Waals surface area contributed by atoms with Gasteiger partial charge in [-0.05, 0) is 25.5 Å². The number of nitrogens with two attached hydrogens (primary N) is 1. The Hall–Kier alpha value is -0.590. The highest BCUT2D eigenvalue weighted by molar-refractivity contribution is 7.98. The van der Waals surface area contributed by atoms with Gasteiger partial charge in [0.15, 0.2) is 5.82 Å². The molecule has 1 heterocycles. The lowest BCUT2D eigenvalue weighted by Gasteiger charge is -2.11. The third-order valence-electron chi connectivity index (χ3n) is 1.98. The van der Waals surface area contributed by atoms with Crippen molar-refractivity contribution in [2.24, 2.45) is 11.7 Å². The molecule has 1 aromatic heterocycles. The average molecular weight is 245 g/mol. The molecule has 92 valence electrons. The molecule has 6 heteroatoms. The Morgan fingerprint density at radius 1 is 1.56 bits per heavy atom. The standard InChI is InChI=1S/C10H19N3O2S/c1-7(4-14)5-16-6-8-12-9(13-15-8)10(2,3)11/h7,14H,4-6,11H2,1-3H3. The van der Waals surface area contributed by atoms with Crippen LogP contribution in [-0.2, 0) is 11.3 Å². The predicted octanol–water partition coefficient (Wildman–Crippen LogP) is 1.12. The van der Waals surface area contributed by atoms with Crippen molar-refractivity contribution in [2.75, 3.05) is 12.4 Å². The quantitative estimate of drug-likeness (QED) is 0.781. The normalized spacial score (nSPS) is 14.1. The molecule has 5 nitrogen and oxygen atoms in total. The van der Waals surface area contributed by atoms with Gasteiger partial charge in [-0.1, -0.05) is 12.1 Å². The van der Waals surface area contributed by atoms with Crippen LogP contribution in [0.4, 0.5) is 0 Å². The molecule has 1 atom stereocenters. The van der Waals surface area contributed by atoms with Gasteiger partial charge in [0.05, 0.1) is 11.3 Å². The summed E-state index contributed by atoms with van der Waals surface area (Å²) in [6, 6.07) is 0. The van der Waals surface area contributed by atoms with Gasteiger partial charge in [0, 0.05) is 6.61 Å². The summed E-state index contributed by atoms with van der Waals surface area (Å²) in [5.74, 6) is 2.94. The van der Waals surface area contributed by atoms with E-state index in [1.54, 1.807) is 11.8 Å². The second kappa shape index (κ2) is 5.65. The van der Waals surface area contributed by atoms with Gasteiger partial charge in [0.2, 0.25) is 5.89 Å². The van der Waals surface area contributed by atoms with Crippen LogP contribution in [0.1, 0.15) is 32.5 Å². The van der Waals surface area contributed by atoms with Crippen LogP contribution >= 0.6 is 11.8 Å². The van der Waals surface area contributed by atoms with E-state index in [1.165, 1.54) is 0 Å². The van der Waals surface area contributed by atoms with Gasteiger partial charge in [-0.2, -0.15) is 16.7 Å². The summed E-state index contributed by atoms with van der Waals surface area (Å²) < 4.78 is 5.08. The van der Waals surface area contributed by atoms with E-state index in [2.05, 4.69) is 10.1 Å². The molecule has 16 heavy (non-hydrogen) atoms. The van der Waals surface area contributed by atoms with Gasteiger partial charge in [-0.25, -0.2) is 0 Å². The third-order valence-corrected chi connectivity index (χ3v) is 3.24. The van der Waals surface area contributed by atoms with Crippen LogP contribution in [0.25, 0.3) is 0 Å². The summed E-state index contributed by atoms with van der Waals surface area (Å²) in [4.78, 5) is 4.22. The predicted molar refractivity (Wildman–Crippen MR) is 63.9 cm³/mol. The maximum absolute atomic E-state index is 8.86. The Labute approximate surface area is 99.8 Å². The summed E-state index contributed by atoms with van der Waals surface area (Å²) in [5, 5.41) is 12.7. The highest BCUT2D eigenvalue weighted by Gasteiger charge is 2.21. The molecular formula is C10H19N3O2S. The van der Waals surface area contributed by atoms with Crippen molar-refractivity contribution in [3.05, 3.63) is 11.7 Å². The third kappa shape index (κ3) is 4.11. The second-order valence-corrected chi connectivity index (χ2v) is 5.57. The monoisotopic (exact) mass is 245 g/mol. The number of hydrogen-bond donors (Lipinski definition) is 2. The number of aliphatic hydroxyl groups excluding tert-OH is 1. The summed E-state index contributed by atoms with van der Waals surface area (Å²) in [5.41, 5.74) is 5.28. The molecule has 0 aliphatic heterocycles. The average Bonchev–Trinajstić information content (AvgIpc) is 2.65. The van der Waals surface area contributed by atoms with Crippen LogP contribution in [0.2, 0.25) is 0 Å². The van der Waals surface area contributed by atoms with E-state index in [4.69, 9.17) is 15.4 Å². The first-order valence-corrected chi connectivity index (χ1v) is 6.39. The van der Waals surface area contributed by atoms with Gasteiger partial charge in [0.25, 0.3) is 0 Å². The van der Waals surface area contributed by atoms with Gasteiger partial charge < -0.3 is 15.4 Å².